The van der Waals surface area contributed by atoms with Crippen molar-refractivity contribution >= 4 is 19.2 Å². The minimum absolute atomic E-state index is 0.548. The zero-order valence-corrected chi connectivity index (χ0v) is 19.4. The van der Waals surface area contributed by atoms with E-state index in [1.54, 1.807) is 0 Å². The molecule has 0 fully saturated rings. The number of ether oxygens (including phenoxy) is 1. The molecule has 1 aromatic carbocycles. The van der Waals surface area contributed by atoms with Gasteiger partial charge >= 0.3 is 38.7 Å². The molecule has 0 amide bonds. The van der Waals surface area contributed by atoms with Gasteiger partial charge in [0.25, 0.3) is 0 Å². The Morgan fingerprint density at radius 3 is 1.74 bits per heavy atom. The summed E-state index contributed by atoms with van der Waals surface area (Å²) in [6.07, 6.45) is 9.49. The first-order chi connectivity index (χ1) is 14.2. The third-order valence-corrected chi connectivity index (χ3v) is 4.22. The summed E-state index contributed by atoms with van der Waals surface area (Å²) in [4.78, 5) is 5.75. The summed E-state index contributed by atoms with van der Waals surface area (Å²) >= 11 is 0. The fraction of sp³-hybridized carbons (Fsp3) is 0.700. The van der Waals surface area contributed by atoms with E-state index in [9.17, 15) is 25.2 Å². The summed E-state index contributed by atoms with van der Waals surface area (Å²) in [5.74, 6) is 0.840. The number of unbranched alkanes of at least 4 members (excludes halogenated alkanes) is 5. The summed E-state index contributed by atoms with van der Waals surface area (Å²) in [7, 11) is -10.7. The van der Waals surface area contributed by atoms with Gasteiger partial charge < -0.3 is 9.64 Å². The number of nitrogens with zero attached hydrogens (tertiary/aromatic N) is 3. The second-order valence-corrected chi connectivity index (χ2v) is 9.23. The molecule has 0 aliphatic heterocycles. The predicted octanol–water partition coefficient (Wildman–Crippen LogP) is 9.92. The molecule has 0 heterocycles. The van der Waals surface area contributed by atoms with Gasteiger partial charge in [0.2, 0.25) is 5.39 Å². The van der Waals surface area contributed by atoms with Gasteiger partial charge in [0.05, 0.1) is 18.4 Å². The number of hydrogen-bond acceptors (Lipinski definition) is 3. The van der Waals surface area contributed by atoms with Crippen molar-refractivity contribution in [3.63, 3.8) is 0 Å². The topological polar surface area (TPSA) is 40.6 Å². The number of hydrogen-bond donors (Lipinski definition) is 0. The summed E-state index contributed by atoms with van der Waals surface area (Å²) in [5, 5.41) is 9.07. The van der Waals surface area contributed by atoms with Gasteiger partial charge in [0.1, 0.15) is 0 Å². The van der Waals surface area contributed by atoms with Crippen LogP contribution in [-0.2, 0) is 0 Å². The van der Waals surface area contributed by atoms with Crippen molar-refractivity contribution in [2.75, 3.05) is 24.6 Å². The minimum atomic E-state index is -10.7. The van der Waals surface area contributed by atoms with E-state index in [0.717, 1.165) is 37.4 Å². The molecule has 4 nitrogen and oxygen atoms in total. The normalized spacial score (nSPS) is 13.3. The first-order valence-corrected chi connectivity index (χ1v) is 12.7. The van der Waals surface area contributed by atoms with Crippen LogP contribution in [0.15, 0.2) is 18.2 Å². The fourth-order valence-corrected chi connectivity index (χ4v) is 2.73. The van der Waals surface area contributed by atoms with Crippen LogP contribution in [0.25, 0.3) is 4.98 Å². The molecule has 0 unspecified atom stereocenters. The molecule has 11 heteroatoms. The molecule has 31 heavy (non-hydrogen) atoms. The Morgan fingerprint density at radius 2 is 1.32 bits per heavy atom. The summed E-state index contributed by atoms with van der Waals surface area (Å²) in [6.45, 7) is 9.44. The van der Waals surface area contributed by atoms with Crippen molar-refractivity contribution in [3.05, 3.63) is 23.2 Å². The zero-order chi connectivity index (χ0) is 24.0. The van der Waals surface area contributed by atoms with Gasteiger partial charge in [-0.25, -0.2) is 0 Å². The maximum absolute atomic E-state index is 10.7. The molecule has 0 saturated heterocycles. The van der Waals surface area contributed by atoms with Gasteiger partial charge in [-0.05, 0) is 25.3 Å². The van der Waals surface area contributed by atoms with Gasteiger partial charge in [0.15, 0.2) is 10.7 Å². The van der Waals surface area contributed by atoms with Crippen molar-refractivity contribution in [1.29, 1.82) is 5.39 Å². The van der Waals surface area contributed by atoms with Crippen molar-refractivity contribution in [3.8, 4) is 5.75 Å². The molecule has 0 bridgehead atoms. The standard InChI is InChI=1S/C20H34N3O.F6P/c1-4-7-10-14-23(15-11-8-5-2)19-13-12-18(22-21)17-20(19)24-16-9-6-3;1-7(2,3,4,5)6/h12-13,17H,4-11,14-16H2,1-3H3;/q+1;-1. The van der Waals surface area contributed by atoms with E-state index < -0.39 is 7.81 Å². The molecule has 0 atom stereocenters. The van der Waals surface area contributed by atoms with Crippen molar-refractivity contribution in [1.82, 2.24) is 0 Å². The Bertz CT molecular complexity index is 671. The molecule has 0 spiro atoms. The Balaban J connectivity index is 0.00000110. The van der Waals surface area contributed by atoms with Crippen LogP contribution in [0.1, 0.15) is 72.1 Å². The average molecular weight is 477 g/mol. The third-order valence-electron chi connectivity index (χ3n) is 4.22. The molecule has 182 valence electrons. The Hall–Kier alpha value is -1.75. The van der Waals surface area contributed by atoms with E-state index >= 15 is 0 Å². The maximum atomic E-state index is 9.87. The van der Waals surface area contributed by atoms with E-state index in [0.29, 0.717) is 12.3 Å². The Labute approximate surface area is 180 Å². The van der Waals surface area contributed by atoms with Gasteiger partial charge in [-0.2, -0.15) is 0 Å². The Morgan fingerprint density at radius 1 is 0.839 bits per heavy atom. The zero-order valence-electron chi connectivity index (χ0n) is 18.5. The van der Waals surface area contributed by atoms with E-state index in [2.05, 4.69) is 30.6 Å². The monoisotopic (exact) mass is 477 g/mol. The molecule has 0 aliphatic rings. The van der Waals surface area contributed by atoms with Crippen LogP contribution in [0.2, 0.25) is 0 Å². The van der Waals surface area contributed by atoms with Crippen molar-refractivity contribution in [2.24, 2.45) is 0 Å². The molecule has 0 N–H and O–H groups in total. The molecule has 0 saturated carbocycles. The molecular weight excluding hydrogens is 443 g/mol. The molecule has 1 rings (SSSR count). The molecule has 1 aromatic rings. The predicted molar refractivity (Wildman–Crippen MR) is 116 cm³/mol. The summed E-state index contributed by atoms with van der Waals surface area (Å²) in [6, 6.07) is 5.74. The number of diazo groups is 1. The van der Waals surface area contributed by atoms with Crippen LogP contribution in [0.4, 0.5) is 36.6 Å². The molecule has 0 radical (unpaired) electrons. The van der Waals surface area contributed by atoms with Crippen LogP contribution in [-0.4, -0.2) is 19.7 Å². The fourth-order valence-electron chi connectivity index (χ4n) is 2.73. The van der Waals surface area contributed by atoms with Gasteiger partial charge in [-0.1, -0.05) is 52.9 Å². The van der Waals surface area contributed by atoms with Crippen molar-refractivity contribution < 1.29 is 29.9 Å². The van der Waals surface area contributed by atoms with Crippen LogP contribution in [0, 0.1) is 5.39 Å². The third kappa shape index (κ3) is 18.7. The van der Waals surface area contributed by atoms with Crippen LogP contribution in [0.3, 0.4) is 0 Å². The summed E-state index contributed by atoms with van der Waals surface area (Å²) < 4.78 is 65.2. The quantitative estimate of drug-likeness (QED) is 0.123. The number of anilines is 1. The van der Waals surface area contributed by atoms with E-state index in [-0.39, 0.29) is 0 Å². The van der Waals surface area contributed by atoms with Crippen LogP contribution < -0.4 is 9.64 Å². The number of halogens is 6. The number of benzene rings is 1. The molecule has 0 aliphatic carbocycles. The first kappa shape index (κ1) is 29.2. The van der Waals surface area contributed by atoms with Gasteiger partial charge in [-0.3, -0.25) is 0 Å². The van der Waals surface area contributed by atoms with E-state index in [1.165, 1.54) is 38.5 Å². The van der Waals surface area contributed by atoms with Crippen LogP contribution >= 0.6 is 7.81 Å². The number of rotatable bonds is 13. The van der Waals surface area contributed by atoms with E-state index in [4.69, 9.17) is 10.1 Å². The second-order valence-electron chi connectivity index (χ2n) is 7.31. The molecular formula is C20H34F6N3OP. The van der Waals surface area contributed by atoms with Gasteiger partial charge in [-0.15, -0.1) is 0 Å². The van der Waals surface area contributed by atoms with Gasteiger partial charge in [0, 0.05) is 19.2 Å². The average Bonchev–Trinajstić information content (AvgIpc) is 2.65. The van der Waals surface area contributed by atoms with E-state index in [1.807, 2.05) is 18.2 Å². The molecule has 0 aromatic heterocycles. The SMILES string of the molecule is CCCCCN(CCCCC)c1ccc([N+]#N)cc1OCCCC.F[P-](F)(F)(F)(F)F. The second kappa shape index (κ2) is 12.3. The Kier molecular flexibility index (Phi) is 11.6. The van der Waals surface area contributed by atoms with Crippen molar-refractivity contribution in [2.45, 2.75) is 72.1 Å². The van der Waals surface area contributed by atoms with Crippen LogP contribution in [0.5, 0.6) is 5.75 Å². The first-order valence-electron chi connectivity index (χ1n) is 10.6. The summed E-state index contributed by atoms with van der Waals surface area (Å²) in [5.41, 5.74) is 1.68.